The number of rotatable bonds is 8. The van der Waals surface area contributed by atoms with E-state index in [2.05, 4.69) is 22.0 Å². The number of nitrogens with zero attached hydrogens (tertiary/aromatic N) is 3. The average Bonchev–Trinajstić information content (AvgIpc) is 3.49. The molecule has 3 rings (SSSR count). The summed E-state index contributed by atoms with van der Waals surface area (Å²) in [6.45, 7) is 5.80. The van der Waals surface area contributed by atoms with Crippen LogP contribution in [0.15, 0.2) is 46.4 Å². The molecule has 0 amide bonds. The molecule has 0 bridgehead atoms. The monoisotopic (exact) mass is 385 g/mol. The van der Waals surface area contributed by atoms with Gasteiger partial charge in [-0.25, -0.2) is 4.98 Å². The molecule has 1 aliphatic rings. The maximum atomic E-state index is 9.80. The van der Waals surface area contributed by atoms with Crippen LogP contribution in [-0.2, 0) is 0 Å². The van der Waals surface area contributed by atoms with E-state index in [9.17, 15) is 5.21 Å². The van der Waals surface area contributed by atoms with Gasteiger partial charge in [-0.2, -0.15) is 0 Å². The van der Waals surface area contributed by atoms with Gasteiger partial charge in [-0.1, -0.05) is 12.1 Å². The van der Waals surface area contributed by atoms with E-state index in [4.69, 9.17) is 4.74 Å². The second-order valence-corrected chi connectivity index (χ2v) is 7.78. The number of aromatic nitrogens is 1. The van der Waals surface area contributed by atoms with Crippen LogP contribution in [0.1, 0.15) is 37.4 Å². The standard InChI is InChI=1S/C21H27N3O2S/c1-4-13-24(14-16-6-7-16)20(23-25)19-12-5-15(2)22-21(19)26-17-8-10-18(27-3)11-9-17/h5,8-12,16,25H,4,6-7,13-14H2,1-3H3/b23-20-. The van der Waals surface area contributed by atoms with Crippen LogP contribution < -0.4 is 4.74 Å². The largest absolute Gasteiger partial charge is 0.438 e. The number of hydrogen-bond donors (Lipinski definition) is 1. The van der Waals surface area contributed by atoms with Gasteiger partial charge in [0, 0.05) is 23.7 Å². The van der Waals surface area contributed by atoms with Crippen molar-refractivity contribution in [1.29, 1.82) is 0 Å². The molecule has 144 valence electrons. The lowest BCUT2D eigenvalue weighted by molar-refractivity contribution is 0.296. The number of oxime groups is 1. The summed E-state index contributed by atoms with van der Waals surface area (Å²) in [6, 6.07) is 11.8. The Balaban J connectivity index is 1.90. The fraction of sp³-hybridized carbons (Fsp3) is 0.429. The number of hydrogen-bond acceptors (Lipinski definition) is 5. The topological polar surface area (TPSA) is 58.0 Å². The summed E-state index contributed by atoms with van der Waals surface area (Å²) >= 11 is 1.69. The first-order valence-corrected chi connectivity index (χ1v) is 10.6. The van der Waals surface area contributed by atoms with Crippen LogP contribution in [-0.4, -0.2) is 40.3 Å². The van der Waals surface area contributed by atoms with Crippen LogP contribution in [0.4, 0.5) is 0 Å². The Kier molecular flexibility index (Phi) is 6.61. The molecule has 1 fully saturated rings. The number of aryl methyl sites for hydroxylation is 1. The highest BCUT2D eigenvalue weighted by Crippen LogP contribution is 2.32. The van der Waals surface area contributed by atoms with Crippen LogP contribution >= 0.6 is 11.8 Å². The Morgan fingerprint density at radius 3 is 2.59 bits per heavy atom. The minimum Gasteiger partial charge on any atom is -0.438 e. The normalized spacial score (nSPS) is 14.3. The van der Waals surface area contributed by atoms with Gasteiger partial charge in [0.05, 0.1) is 5.56 Å². The molecule has 6 heteroatoms. The van der Waals surface area contributed by atoms with E-state index in [-0.39, 0.29) is 0 Å². The van der Waals surface area contributed by atoms with Crippen LogP contribution in [0.2, 0.25) is 0 Å². The minimum absolute atomic E-state index is 0.469. The summed E-state index contributed by atoms with van der Waals surface area (Å²) in [4.78, 5) is 7.89. The van der Waals surface area contributed by atoms with Crippen molar-refractivity contribution < 1.29 is 9.94 Å². The van der Waals surface area contributed by atoms with Crippen LogP contribution in [0.3, 0.4) is 0 Å². The molecule has 0 spiro atoms. The number of benzene rings is 1. The predicted molar refractivity (Wildman–Crippen MR) is 110 cm³/mol. The van der Waals surface area contributed by atoms with Crippen molar-refractivity contribution in [2.24, 2.45) is 11.1 Å². The van der Waals surface area contributed by atoms with Gasteiger partial charge in [0.25, 0.3) is 0 Å². The van der Waals surface area contributed by atoms with Gasteiger partial charge in [0.15, 0.2) is 5.84 Å². The first-order chi connectivity index (χ1) is 13.1. The summed E-state index contributed by atoms with van der Waals surface area (Å²) < 4.78 is 6.08. The second kappa shape index (κ2) is 9.13. The van der Waals surface area contributed by atoms with Crippen LogP contribution in [0, 0.1) is 12.8 Å². The minimum atomic E-state index is 0.469. The summed E-state index contributed by atoms with van der Waals surface area (Å²) in [5.74, 6) is 2.41. The van der Waals surface area contributed by atoms with Gasteiger partial charge < -0.3 is 14.8 Å². The molecule has 0 atom stereocenters. The summed E-state index contributed by atoms with van der Waals surface area (Å²) in [5, 5.41) is 13.4. The third-order valence-corrected chi connectivity index (χ3v) is 5.32. The number of thioether (sulfide) groups is 1. The third kappa shape index (κ3) is 5.16. The maximum absolute atomic E-state index is 9.80. The van der Waals surface area contributed by atoms with E-state index in [1.807, 2.05) is 49.6 Å². The molecular formula is C21H27N3O2S. The van der Waals surface area contributed by atoms with Crippen molar-refractivity contribution in [2.75, 3.05) is 19.3 Å². The van der Waals surface area contributed by atoms with Crippen LogP contribution in [0.25, 0.3) is 0 Å². The number of pyridine rings is 1. The summed E-state index contributed by atoms with van der Waals surface area (Å²) in [6.07, 6.45) is 5.52. The van der Waals surface area contributed by atoms with E-state index < -0.39 is 0 Å². The SMILES string of the molecule is CCCN(CC1CC1)/C(=N\O)c1ccc(C)nc1Oc1ccc(SC)cc1. The fourth-order valence-corrected chi connectivity index (χ4v) is 3.40. The first kappa shape index (κ1) is 19.5. The first-order valence-electron chi connectivity index (χ1n) is 9.41. The molecule has 1 heterocycles. The zero-order valence-electron chi connectivity index (χ0n) is 16.2. The van der Waals surface area contributed by atoms with Crippen molar-refractivity contribution in [3.05, 3.63) is 47.7 Å². The number of amidine groups is 1. The molecule has 1 aromatic carbocycles. The summed E-state index contributed by atoms with van der Waals surface area (Å²) in [7, 11) is 0. The van der Waals surface area contributed by atoms with Crippen molar-refractivity contribution in [2.45, 2.75) is 38.0 Å². The molecule has 0 radical (unpaired) electrons. The highest BCUT2D eigenvalue weighted by molar-refractivity contribution is 7.98. The molecular weight excluding hydrogens is 358 g/mol. The van der Waals surface area contributed by atoms with E-state index >= 15 is 0 Å². The molecule has 27 heavy (non-hydrogen) atoms. The lowest BCUT2D eigenvalue weighted by Crippen LogP contribution is -2.34. The Morgan fingerprint density at radius 2 is 2.00 bits per heavy atom. The van der Waals surface area contributed by atoms with Crippen molar-refractivity contribution >= 4 is 17.6 Å². The molecule has 5 nitrogen and oxygen atoms in total. The van der Waals surface area contributed by atoms with E-state index in [1.54, 1.807) is 11.8 Å². The van der Waals surface area contributed by atoms with Gasteiger partial charge in [-0.15, -0.1) is 11.8 Å². The Bertz CT molecular complexity index is 789. The second-order valence-electron chi connectivity index (χ2n) is 6.90. The Hall–Kier alpha value is -2.21. The summed E-state index contributed by atoms with van der Waals surface area (Å²) in [5.41, 5.74) is 1.57. The molecule has 1 aromatic heterocycles. The van der Waals surface area contributed by atoms with Crippen molar-refractivity contribution in [3.63, 3.8) is 0 Å². The van der Waals surface area contributed by atoms with Gasteiger partial charge in [0.1, 0.15) is 5.75 Å². The lowest BCUT2D eigenvalue weighted by atomic mass is 10.2. The third-order valence-electron chi connectivity index (χ3n) is 4.58. The van der Waals surface area contributed by atoms with E-state index in [1.165, 1.54) is 17.7 Å². The zero-order chi connectivity index (χ0) is 19.2. The Labute approximate surface area is 165 Å². The van der Waals surface area contributed by atoms with E-state index in [0.29, 0.717) is 28.9 Å². The average molecular weight is 386 g/mol. The molecule has 1 N–H and O–H groups in total. The van der Waals surface area contributed by atoms with Crippen molar-refractivity contribution in [3.8, 4) is 11.6 Å². The molecule has 1 saturated carbocycles. The van der Waals surface area contributed by atoms with Gasteiger partial charge in [-0.05, 0) is 74.8 Å². The van der Waals surface area contributed by atoms with Crippen LogP contribution in [0.5, 0.6) is 11.6 Å². The fourth-order valence-electron chi connectivity index (χ4n) is 2.99. The van der Waals surface area contributed by atoms with Crippen molar-refractivity contribution in [1.82, 2.24) is 9.88 Å². The molecule has 0 aliphatic heterocycles. The maximum Gasteiger partial charge on any atom is 0.230 e. The van der Waals surface area contributed by atoms with Gasteiger partial charge in [0.2, 0.25) is 5.88 Å². The quantitative estimate of drug-likeness (QED) is 0.224. The molecule has 0 saturated heterocycles. The zero-order valence-corrected chi connectivity index (χ0v) is 17.0. The highest BCUT2D eigenvalue weighted by Gasteiger charge is 2.28. The lowest BCUT2D eigenvalue weighted by Gasteiger charge is -2.25. The Morgan fingerprint density at radius 1 is 1.26 bits per heavy atom. The van der Waals surface area contributed by atoms with E-state index in [0.717, 1.165) is 25.2 Å². The van der Waals surface area contributed by atoms with Gasteiger partial charge >= 0.3 is 0 Å². The molecule has 0 unspecified atom stereocenters. The molecule has 1 aliphatic carbocycles. The highest BCUT2D eigenvalue weighted by atomic mass is 32.2. The predicted octanol–water partition coefficient (Wildman–Crippen LogP) is 5.16. The van der Waals surface area contributed by atoms with Gasteiger partial charge in [-0.3, -0.25) is 0 Å². The smallest absolute Gasteiger partial charge is 0.230 e. The molecule has 2 aromatic rings. The number of ether oxygens (including phenoxy) is 1.